The van der Waals surface area contributed by atoms with Crippen molar-refractivity contribution in [2.45, 2.75) is 58.4 Å². The Kier molecular flexibility index (Phi) is 4.87. The molecule has 0 aromatic carbocycles. The molecule has 1 aliphatic rings. The molecule has 0 aliphatic heterocycles. The third kappa shape index (κ3) is 2.97. The number of aryl methyl sites for hydroxylation is 1. The largest absolute Gasteiger partial charge is 0.464 e. The summed E-state index contributed by atoms with van der Waals surface area (Å²) in [7, 11) is 2.06. The van der Waals surface area contributed by atoms with Crippen molar-refractivity contribution in [2.75, 3.05) is 7.05 Å². The Morgan fingerprint density at radius 3 is 2.44 bits per heavy atom. The quantitative estimate of drug-likeness (QED) is 0.840. The maximum absolute atomic E-state index is 5.93. The molecule has 1 unspecified atom stereocenters. The first-order valence-corrected chi connectivity index (χ1v) is 7.54. The summed E-state index contributed by atoms with van der Waals surface area (Å²) in [6.07, 6.45) is 7.79. The maximum atomic E-state index is 5.93. The summed E-state index contributed by atoms with van der Waals surface area (Å²) < 4.78 is 5.93. The highest BCUT2D eigenvalue weighted by Gasteiger charge is 2.28. The van der Waals surface area contributed by atoms with Crippen LogP contribution in [-0.4, -0.2) is 7.05 Å². The Hall–Kier alpha value is -0.760. The zero-order chi connectivity index (χ0) is 13.0. The predicted molar refractivity (Wildman–Crippen MR) is 75.6 cm³/mol. The van der Waals surface area contributed by atoms with Gasteiger partial charge in [0, 0.05) is 6.42 Å². The highest BCUT2D eigenvalue weighted by Crippen LogP contribution is 2.38. The van der Waals surface area contributed by atoms with Crippen LogP contribution in [0, 0.1) is 11.8 Å². The van der Waals surface area contributed by atoms with Gasteiger partial charge in [-0.1, -0.05) is 33.1 Å². The molecule has 0 bridgehead atoms. The molecule has 18 heavy (non-hydrogen) atoms. The molecule has 1 atom stereocenters. The Labute approximate surface area is 111 Å². The third-order valence-corrected chi connectivity index (χ3v) is 4.59. The molecule has 0 amide bonds. The van der Waals surface area contributed by atoms with Crippen LogP contribution in [0.5, 0.6) is 0 Å². The van der Waals surface area contributed by atoms with E-state index in [0.29, 0.717) is 6.04 Å². The van der Waals surface area contributed by atoms with Gasteiger partial charge in [0.05, 0.1) is 6.04 Å². The van der Waals surface area contributed by atoms with Crippen LogP contribution in [0.3, 0.4) is 0 Å². The van der Waals surface area contributed by atoms with Gasteiger partial charge in [-0.3, -0.25) is 0 Å². The molecule has 0 saturated heterocycles. The molecule has 1 aromatic heterocycles. The minimum Gasteiger partial charge on any atom is -0.464 e. The summed E-state index contributed by atoms with van der Waals surface area (Å²) >= 11 is 0. The van der Waals surface area contributed by atoms with Crippen LogP contribution in [0.2, 0.25) is 0 Å². The van der Waals surface area contributed by atoms with Gasteiger partial charge in [0.2, 0.25) is 0 Å². The first-order chi connectivity index (χ1) is 8.78. The fraction of sp³-hybridized carbons (Fsp3) is 0.750. The number of furan rings is 1. The van der Waals surface area contributed by atoms with Crippen molar-refractivity contribution in [3.63, 3.8) is 0 Å². The van der Waals surface area contributed by atoms with E-state index in [1.54, 1.807) is 0 Å². The van der Waals surface area contributed by atoms with Gasteiger partial charge in [-0.05, 0) is 43.9 Å². The summed E-state index contributed by atoms with van der Waals surface area (Å²) in [5.74, 6) is 3.94. The molecule has 1 fully saturated rings. The Bertz CT molecular complexity index is 350. The van der Waals surface area contributed by atoms with Crippen LogP contribution in [0.4, 0.5) is 0 Å². The van der Waals surface area contributed by atoms with Gasteiger partial charge in [0.1, 0.15) is 11.5 Å². The van der Waals surface area contributed by atoms with Crippen LogP contribution < -0.4 is 5.32 Å². The topological polar surface area (TPSA) is 25.2 Å². The second kappa shape index (κ2) is 6.42. The summed E-state index contributed by atoms with van der Waals surface area (Å²) in [6, 6.07) is 4.69. The van der Waals surface area contributed by atoms with Crippen LogP contribution in [0.15, 0.2) is 16.5 Å². The molecular weight excluding hydrogens is 222 g/mol. The number of hydrogen-bond donors (Lipinski definition) is 1. The predicted octanol–water partition coefficient (Wildman–Crippen LogP) is 4.32. The van der Waals surface area contributed by atoms with E-state index in [0.717, 1.165) is 29.8 Å². The van der Waals surface area contributed by atoms with E-state index in [4.69, 9.17) is 4.42 Å². The number of nitrogens with one attached hydrogen (secondary N) is 1. The molecule has 102 valence electrons. The zero-order valence-corrected chi connectivity index (χ0v) is 12.0. The lowest BCUT2D eigenvalue weighted by atomic mass is 9.77. The smallest absolute Gasteiger partial charge is 0.121 e. The van der Waals surface area contributed by atoms with E-state index < -0.39 is 0 Å². The summed E-state index contributed by atoms with van der Waals surface area (Å²) in [5.41, 5.74) is 0. The van der Waals surface area contributed by atoms with Crippen LogP contribution in [0.1, 0.15) is 63.5 Å². The van der Waals surface area contributed by atoms with E-state index in [1.165, 1.54) is 32.1 Å². The molecule has 1 aromatic rings. The van der Waals surface area contributed by atoms with E-state index in [1.807, 2.05) is 0 Å². The molecule has 0 radical (unpaired) electrons. The maximum Gasteiger partial charge on any atom is 0.121 e. The van der Waals surface area contributed by atoms with Crippen molar-refractivity contribution in [3.8, 4) is 0 Å². The molecular formula is C16H27NO. The van der Waals surface area contributed by atoms with Crippen LogP contribution in [-0.2, 0) is 6.42 Å². The zero-order valence-electron chi connectivity index (χ0n) is 12.0. The minimum absolute atomic E-state index is 0.406. The third-order valence-electron chi connectivity index (χ3n) is 4.59. The number of rotatable bonds is 5. The highest BCUT2D eigenvalue weighted by molar-refractivity contribution is 5.12. The van der Waals surface area contributed by atoms with Gasteiger partial charge in [-0.15, -0.1) is 0 Å². The van der Waals surface area contributed by atoms with E-state index in [2.05, 4.69) is 38.3 Å². The second-order valence-electron chi connectivity index (χ2n) is 5.61. The molecule has 1 heterocycles. The van der Waals surface area contributed by atoms with Crippen molar-refractivity contribution >= 4 is 0 Å². The monoisotopic (exact) mass is 249 g/mol. The number of hydrogen-bond acceptors (Lipinski definition) is 2. The van der Waals surface area contributed by atoms with Crippen molar-refractivity contribution < 1.29 is 4.42 Å². The van der Waals surface area contributed by atoms with Gasteiger partial charge >= 0.3 is 0 Å². The van der Waals surface area contributed by atoms with Crippen molar-refractivity contribution in [1.82, 2.24) is 5.32 Å². The van der Waals surface area contributed by atoms with E-state index in [-0.39, 0.29) is 0 Å². The standard InChI is InChI=1S/C16H27NO/c1-4-12-6-8-13(9-7-12)16(17-3)15-11-10-14(5-2)18-15/h10-13,16-17H,4-9H2,1-3H3. The van der Waals surface area contributed by atoms with Crippen LogP contribution in [0.25, 0.3) is 0 Å². The first kappa shape index (κ1) is 13.7. The molecule has 1 N–H and O–H groups in total. The fourth-order valence-electron chi connectivity index (χ4n) is 3.29. The van der Waals surface area contributed by atoms with Gasteiger partial charge in [0.15, 0.2) is 0 Å². The SMILES string of the molecule is CCc1ccc(C(NC)C2CCC(CC)CC2)o1. The Morgan fingerprint density at radius 1 is 1.22 bits per heavy atom. The second-order valence-corrected chi connectivity index (χ2v) is 5.61. The molecule has 1 saturated carbocycles. The lowest BCUT2D eigenvalue weighted by Gasteiger charge is -2.32. The summed E-state index contributed by atoms with van der Waals surface area (Å²) in [4.78, 5) is 0. The average molecular weight is 249 g/mol. The Balaban J connectivity index is 2.00. The summed E-state index contributed by atoms with van der Waals surface area (Å²) in [6.45, 7) is 4.46. The highest BCUT2D eigenvalue weighted by atomic mass is 16.3. The van der Waals surface area contributed by atoms with Crippen molar-refractivity contribution in [1.29, 1.82) is 0 Å². The lowest BCUT2D eigenvalue weighted by molar-refractivity contribution is 0.207. The van der Waals surface area contributed by atoms with Gasteiger partial charge < -0.3 is 9.73 Å². The lowest BCUT2D eigenvalue weighted by Crippen LogP contribution is -2.28. The molecule has 2 rings (SSSR count). The fourth-order valence-corrected chi connectivity index (χ4v) is 3.29. The first-order valence-electron chi connectivity index (χ1n) is 7.54. The minimum atomic E-state index is 0.406. The van der Waals surface area contributed by atoms with Crippen LogP contribution >= 0.6 is 0 Å². The molecule has 1 aliphatic carbocycles. The van der Waals surface area contributed by atoms with Crippen molar-refractivity contribution in [2.24, 2.45) is 11.8 Å². The van der Waals surface area contributed by atoms with E-state index >= 15 is 0 Å². The molecule has 0 spiro atoms. The van der Waals surface area contributed by atoms with Gasteiger partial charge in [0.25, 0.3) is 0 Å². The van der Waals surface area contributed by atoms with Crippen molar-refractivity contribution in [3.05, 3.63) is 23.7 Å². The Morgan fingerprint density at radius 2 is 1.94 bits per heavy atom. The van der Waals surface area contributed by atoms with Gasteiger partial charge in [-0.25, -0.2) is 0 Å². The van der Waals surface area contributed by atoms with Gasteiger partial charge in [-0.2, -0.15) is 0 Å². The summed E-state index contributed by atoms with van der Waals surface area (Å²) in [5, 5.41) is 3.46. The average Bonchev–Trinajstić information content (AvgIpc) is 2.89. The molecule has 2 heteroatoms. The van der Waals surface area contributed by atoms with E-state index in [9.17, 15) is 0 Å². The normalized spacial score (nSPS) is 26.2. The molecule has 2 nitrogen and oxygen atoms in total.